The Balaban J connectivity index is 0.00000386. The number of hydrogen-bond acceptors (Lipinski definition) is 12. The first kappa shape index (κ1) is 50.5. The molecule has 1 aromatic carbocycles. The van der Waals surface area contributed by atoms with E-state index < -0.39 is 16.1 Å². The predicted molar refractivity (Wildman–Crippen MR) is 192 cm³/mol. The summed E-state index contributed by atoms with van der Waals surface area (Å²) in [7, 11) is 0.961. The summed E-state index contributed by atoms with van der Waals surface area (Å²) in [5.74, 6) is -0.589. The topological polar surface area (TPSA) is 244 Å². The monoisotopic (exact) mass is 1080 g/mol. The quantitative estimate of drug-likeness (QED) is 0.0863. The largest absolute Gasteiger partial charge is 0 e. The number of benzene rings is 1. The van der Waals surface area contributed by atoms with Gasteiger partial charge < -0.3 is 25.4 Å². The van der Waals surface area contributed by atoms with Crippen molar-refractivity contribution in [2.45, 2.75) is 50.0 Å². The molecule has 0 spiro atoms. The Morgan fingerprint density at radius 1 is 0.804 bits per heavy atom. The summed E-state index contributed by atoms with van der Waals surface area (Å²) < 4.78 is 35.8. The van der Waals surface area contributed by atoms with Crippen LogP contribution >= 0.6 is 9.53 Å². The van der Waals surface area contributed by atoms with E-state index in [2.05, 4.69) is 36.2 Å². The third kappa shape index (κ3) is 19.5. The fourth-order valence-electron chi connectivity index (χ4n) is 4.71. The van der Waals surface area contributed by atoms with Gasteiger partial charge in [-0.2, -0.15) is 0 Å². The molecule has 310 valence electrons. The van der Waals surface area contributed by atoms with E-state index in [-0.39, 0.29) is 95.5 Å². The Kier molecular flexibility index (Phi) is 25.2. The number of amides is 3. The van der Waals surface area contributed by atoms with Crippen LogP contribution in [0.3, 0.4) is 0 Å². The number of nitrogens with one attached hydrogen (secondary N) is 3. The molecule has 5 N–H and O–H groups in total. The second-order valence-corrected chi connectivity index (χ2v) is 13.1. The van der Waals surface area contributed by atoms with E-state index in [0.717, 1.165) is 16.6 Å². The minimum Gasteiger partial charge on any atom is 0 e. The maximum absolute atomic E-state index is 12.3. The van der Waals surface area contributed by atoms with Crippen LogP contribution in [0.4, 0.5) is 4.79 Å². The molecule has 18 nitrogen and oxygen atoms in total. The molecule has 0 aliphatic carbocycles. The predicted octanol–water partition coefficient (Wildman–Crippen LogP) is 1.26. The number of rotatable bonds is 21. The van der Waals surface area contributed by atoms with Gasteiger partial charge in [0.25, 0.3) is 0 Å². The maximum Gasteiger partial charge on any atom is 0 e. The molecular weight excluding hydrogens is 1040 g/mol. The Bertz CT molecular complexity index is 1890. The molecule has 3 heterocycles. The second kappa shape index (κ2) is 27.9. The van der Waals surface area contributed by atoms with Crippen molar-refractivity contribution in [2.75, 3.05) is 39.5 Å². The van der Waals surface area contributed by atoms with Crippen LogP contribution in [-0.2, 0) is 105 Å². The summed E-state index contributed by atoms with van der Waals surface area (Å²) in [6.07, 6.45) is 8.33. The van der Waals surface area contributed by atoms with Crippen molar-refractivity contribution >= 4 is 43.4 Å². The number of hydrogen-bond donors (Lipinski definition) is 4. The van der Waals surface area contributed by atoms with Gasteiger partial charge in [0.05, 0.1) is 42.1 Å². The molecule has 2 radical (unpaired) electrons. The molecule has 0 bridgehead atoms. The van der Waals surface area contributed by atoms with Gasteiger partial charge in [-0.15, -0.1) is 5.10 Å². The number of nitrogens with two attached hydrogens (primary N) is 1. The second-order valence-electron chi connectivity index (χ2n) is 11.5. The number of aromatic nitrogens is 6. The molecule has 3 amide bonds. The van der Waals surface area contributed by atoms with Crippen LogP contribution in [0.1, 0.15) is 36.9 Å². The average Bonchev–Trinajstić information content (AvgIpc) is 3.83. The Morgan fingerprint density at radius 3 is 2.25 bits per heavy atom. The zero-order chi connectivity index (χ0) is 39.2. The molecule has 0 atom stereocenters. The van der Waals surface area contributed by atoms with Gasteiger partial charge in [-0.25, -0.2) is 32.6 Å². The van der Waals surface area contributed by atoms with Crippen molar-refractivity contribution in [3.8, 4) is 11.4 Å². The van der Waals surface area contributed by atoms with Crippen LogP contribution in [0, 0.1) is 0 Å². The molecule has 3 aromatic heterocycles. The van der Waals surface area contributed by atoms with Crippen LogP contribution in [0.2, 0.25) is 0 Å². The molecule has 0 saturated heterocycles. The van der Waals surface area contributed by atoms with E-state index in [0.29, 0.717) is 55.9 Å². The van der Waals surface area contributed by atoms with E-state index in [1.807, 2.05) is 6.07 Å². The summed E-state index contributed by atoms with van der Waals surface area (Å²) in [4.78, 5) is 57.1. The number of primary sulfonamides is 1. The summed E-state index contributed by atoms with van der Waals surface area (Å²) in [6, 6.07) is 11.6. The molecule has 0 unspecified atom stereocenters. The van der Waals surface area contributed by atoms with Gasteiger partial charge in [0, 0.05) is 72.0 Å². The Hall–Kier alpha value is -3.56. The minimum atomic E-state index is -3.73. The van der Waals surface area contributed by atoms with Crippen molar-refractivity contribution in [3.05, 3.63) is 78.6 Å². The Labute approximate surface area is 360 Å². The van der Waals surface area contributed by atoms with Crippen LogP contribution < -0.4 is 21.1 Å². The van der Waals surface area contributed by atoms with Crippen molar-refractivity contribution in [1.82, 2.24) is 45.5 Å². The molecule has 4 rings (SSSR count). The molecule has 4 aromatic rings. The van der Waals surface area contributed by atoms with E-state index in [4.69, 9.17) is 24.1 Å². The normalized spacial score (nSPS) is 10.5. The van der Waals surface area contributed by atoms with Gasteiger partial charge in [0.15, 0.2) is 0 Å². The first-order valence-electron chi connectivity index (χ1n) is 16.7. The third-order valence-corrected chi connectivity index (χ3v) is 8.30. The van der Waals surface area contributed by atoms with E-state index >= 15 is 0 Å². The molecular formula is C33H42ClCo2N10O8ReS. The number of halogens is 1. The van der Waals surface area contributed by atoms with Gasteiger partial charge in [0.1, 0.15) is 25.2 Å². The third-order valence-electron chi connectivity index (χ3n) is 7.37. The maximum atomic E-state index is 12.3. The summed E-state index contributed by atoms with van der Waals surface area (Å²) in [5.41, 5.74) is 2.51. The minimum absolute atomic E-state index is 0. The molecule has 0 aliphatic rings. The molecule has 0 fully saturated rings. The van der Waals surface area contributed by atoms with Crippen LogP contribution in [-0.4, -0.2) is 101 Å². The first-order valence-corrected chi connectivity index (χ1v) is 21.6. The molecule has 0 aliphatic heterocycles. The zero-order valence-corrected chi connectivity index (χ0v) is 36.3. The van der Waals surface area contributed by atoms with Crippen LogP contribution in [0.15, 0.2) is 72.3 Å². The van der Waals surface area contributed by atoms with Crippen molar-refractivity contribution in [1.29, 1.82) is 0 Å². The van der Waals surface area contributed by atoms with Gasteiger partial charge >= 0.3 is 33.8 Å². The number of ether oxygens (including phenoxy) is 2. The smallest absolute Gasteiger partial charge is 0 e. The Morgan fingerprint density at radius 2 is 1.54 bits per heavy atom. The summed E-state index contributed by atoms with van der Waals surface area (Å²) in [6.45, 7) is 1.43. The molecule has 0 saturated carbocycles. The zero-order valence-electron chi connectivity index (χ0n) is 29.9. The number of nitrogens with zero attached hydrogens (tertiary/aromatic N) is 6. The van der Waals surface area contributed by atoms with E-state index in [1.54, 1.807) is 36.7 Å². The SMILES string of the molecule is NS(=O)(=O)c1ccc(CCNC(=O)CCCCCNC(=O)Cc2cn(C(=O)OCCOCCNC(=O)Cn3cc(-c4ccccn4)nn3)cn2)cc1.[Cl][Re].[Co].[Co]. The van der Waals surface area contributed by atoms with Crippen molar-refractivity contribution in [2.24, 2.45) is 5.14 Å². The van der Waals surface area contributed by atoms with Crippen LogP contribution in [0.25, 0.3) is 11.4 Å². The number of sulfonamides is 1. The average molecular weight is 1080 g/mol. The van der Waals surface area contributed by atoms with Crippen molar-refractivity contribution in [3.63, 3.8) is 0 Å². The van der Waals surface area contributed by atoms with Gasteiger partial charge in [-0.05, 0) is 49.1 Å². The van der Waals surface area contributed by atoms with Gasteiger partial charge in [-0.3, -0.25) is 19.4 Å². The fraction of sp³-hybridized carbons (Fsp3) is 0.394. The number of unbranched alkanes of at least 4 members (excludes halogenated alkanes) is 2. The summed E-state index contributed by atoms with van der Waals surface area (Å²) >= 11 is 1.19. The molecule has 56 heavy (non-hydrogen) atoms. The van der Waals surface area contributed by atoms with E-state index in [9.17, 15) is 27.6 Å². The van der Waals surface area contributed by atoms with Gasteiger partial charge in [-0.1, -0.05) is 29.8 Å². The number of pyridine rings is 1. The fourth-order valence-corrected chi connectivity index (χ4v) is 5.23. The van der Waals surface area contributed by atoms with Gasteiger partial charge in [0.2, 0.25) is 27.7 Å². The number of imidazole rings is 1. The molecule has 23 heteroatoms. The first-order chi connectivity index (χ1) is 26.1. The number of carbonyl (C=O) groups is 4. The van der Waals surface area contributed by atoms with Crippen LogP contribution in [0.5, 0.6) is 0 Å². The number of carbonyl (C=O) groups excluding carboxylic acids is 4. The van der Waals surface area contributed by atoms with E-state index in [1.165, 1.54) is 47.5 Å². The van der Waals surface area contributed by atoms with Crippen molar-refractivity contribution < 1.29 is 88.8 Å². The summed E-state index contributed by atoms with van der Waals surface area (Å²) in [5, 5.41) is 21.4. The standard InChI is InChI=1S/C33H42N10O8S.ClH.2Co.Re/c34-52(48,49)27-10-8-25(9-11-27)12-15-37-30(44)7-2-1-4-14-36-31(45)20-26-21-42(24-39-26)33(47)51-19-18-50-17-16-38-32(46)23-43-22-29(40-41-43)28-6-3-5-13-35-28;;;;/h3,5-6,8-11,13,21-22,24H,1-2,4,7,12,14-20,23H2,(H,36,45)(H,37,44)(H,38,46)(H2,34,48,49);1H;;;/q;;;;+1/p-1.